The van der Waals surface area contributed by atoms with Crippen molar-refractivity contribution in [3.8, 4) is 0 Å². The van der Waals surface area contributed by atoms with E-state index in [0.717, 1.165) is 6.42 Å². The van der Waals surface area contributed by atoms with Gasteiger partial charge < -0.3 is 19.5 Å². The molecule has 136 valence electrons. The average Bonchev–Trinajstić information content (AvgIpc) is 2.50. The summed E-state index contributed by atoms with van der Waals surface area (Å²) < 4.78 is 16.1. The molecule has 0 saturated heterocycles. The van der Waals surface area contributed by atoms with Crippen molar-refractivity contribution in [3.63, 3.8) is 0 Å². The minimum absolute atomic E-state index is 0.172. The topological polar surface area (TPSA) is 56.8 Å². The van der Waals surface area contributed by atoms with Gasteiger partial charge in [-0.15, -0.1) is 0 Å². The van der Waals surface area contributed by atoms with Crippen LogP contribution in [-0.2, 0) is 14.2 Å². The van der Waals surface area contributed by atoms with Crippen LogP contribution in [0.15, 0.2) is 0 Å². The minimum Gasteiger partial charge on any atom is -0.449 e. The first-order valence-corrected chi connectivity index (χ1v) is 8.26. The highest BCUT2D eigenvalue weighted by Crippen LogP contribution is 2.18. The van der Waals surface area contributed by atoms with Gasteiger partial charge in [0, 0.05) is 20.6 Å². The Morgan fingerprint density at radius 2 is 1.36 bits per heavy atom. The van der Waals surface area contributed by atoms with Crippen LogP contribution in [0.4, 0.5) is 4.79 Å². The molecule has 0 fully saturated rings. The predicted molar refractivity (Wildman–Crippen MR) is 93.5 cm³/mol. The van der Waals surface area contributed by atoms with Gasteiger partial charge >= 0.3 is 6.09 Å². The first kappa shape index (κ1) is 26.1. The SMILES string of the molecule is CC.CC.CNC(=O)OCCC(C)(C)OCCC(C)(C)OC. The van der Waals surface area contributed by atoms with Gasteiger partial charge in [0.1, 0.15) is 0 Å². The van der Waals surface area contributed by atoms with Crippen molar-refractivity contribution in [2.45, 2.75) is 79.4 Å². The fourth-order valence-electron chi connectivity index (χ4n) is 1.21. The summed E-state index contributed by atoms with van der Waals surface area (Å²) in [5.74, 6) is 0. The molecule has 0 rings (SSSR count). The number of carbonyl (C=O) groups is 1. The zero-order chi connectivity index (χ0) is 18.2. The molecule has 0 radical (unpaired) electrons. The first-order chi connectivity index (χ1) is 10.2. The molecule has 0 aliphatic rings. The third-order valence-electron chi connectivity index (χ3n) is 2.89. The van der Waals surface area contributed by atoms with Crippen molar-refractivity contribution in [3.05, 3.63) is 0 Å². The Labute approximate surface area is 138 Å². The fourth-order valence-corrected chi connectivity index (χ4v) is 1.21. The summed E-state index contributed by atoms with van der Waals surface area (Å²) in [6.45, 7) is 17.0. The molecular formula is C17H39NO4. The zero-order valence-corrected chi connectivity index (χ0v) is 16.5. The molecule has 0 aromatic heterocycles. The second-order valence-electron chi connectivity index (χ2n) is 5.46. The molecule has 0 saturated carbocycles. The van der Waals surface area contributed by atoms with Gasteiger partial charge in [-0.25, -0.2) is 4.79 Å². The molecule has 0 spiro atoms. The molecule has 5 heteroatoms. The van der Waals surface area contributed by atoms with Crippen molar-refractivity contribution < 1.29 is 19.0 Å². The van der Waals surface area contributed by atoms with E-state index in [4.69, 9.17) is 14.2 Å². The van der Waals surface area contributed by atoms with Crippen LogP contribution in [0.3, 0.4) is 0 Å². The molecule has 1 amide bonds. The van der Waals surface area contributed by atoms with Crippen LogP contribution >= 0.6 is 0 Å². The van der Waals surface area contributed by atoms with E-state index in [9.17, 15) is 4.79 Å². The molecule has 0 aromatic rings. The molecule has 0 aliphatic carbocycles. The average molecular weight is 322 g/mol. The molecule has 0 atom stereocenters. The molecule has 0 aromatic carbocycles. The van der Waals surface area contributed by atoms with E-state index >= 15 is 0 Å². The van der Waals surface area contributed by atoms with Crippen LogP contribution in [0.5, 0.6) is 0 Å². The third-order valence-corrected chi connectivity index (χ3v) is 2.89. The lowest BCUT2D eigenvalue weighted by Crippen LogP contribution is -2.31. The summed E-state index contributed by atoms with van der Waals surface area (Å²) in [6, 6.07) is 0. The highest BCUT2D eigenvalue weighted by Gasteiger charge is 2.22. The van der Waals surface area contributed by atoms with Crippen LogP contribution < -0.4 is 5.32 Å². The van der Waals surface area contributed by atoms with Crippen molar-refractivity contribution in [1.29, 1.82) is 0 Å². The van der Waals surface area contributed by atoms with Gasteiger partial charge in [-0.2, -0.15) is 0 Å². The summed E-state index contributed by atoms with van der Waals surface area (Å²) >= 11 is 0. The molecular weight excluding hydrogens is 282 g/mol. The molecule has 5 nitrogen and oxygen atoms in total. The van der Waals surface area contributed by atoms with E-state index < -0.39 is 6.09 Å². The van der Waals surface area contributed by atoms with Crippen LogP contribution in [0.25, 0.3) is 0 Å². The Kier molecular flexibility index (Phi) is 17.9. The molecule has 0 bridgehead atoms. The van der Waals surface area contributed by atoms with Crippen LogP contribution in [-0.4, -0.2) is 44.7 Å². The number of methoxy groups -OCH3 is 1. The van der Waals surface area contributed by atoms with E-state index in [-0.39, 0.29) is 11.2 Å². The van der Waals surface area contributed by atoms with Gasteiger partial charge in [0.05, 0.1) is 24.4 Å². The highest BCUT2D eigenvalue weighted by molar-refractivity contribution is 5.66. The predicted octanol–water partition coefficient (Wildman–Crippen LogP) is 4.40. The van der Waals surface area contributed by atoms with E-state index in [2.05, 4.69) is 5.32 Å². The highest BCUT2D eigenvalue weighted by atomic mass is 16.6. The Hall–Kier alpha value is -0.810. The lowest BCUT2D eigenvalue weighted by atomic mass is 10.0. The van der Waals surface area contributed by atoms with E-state index in [1.807, 2.05) is 55.4 Å². The van der Waals surface area contributed by atoms with Crippen LogP contribution in [0.2, 0.25) is 0 Å². The minimum atomic E-state index is -0.411. The molecule has 0 unspecified atom stereocenters. The Morgan fingerprint density at radius 1 is 0.909 bits per heavy atom. The van der Waals surface area contributed by atoms with E-state index in [1.165, 1.54) is 7.05 Å². The van der Waals surface area contributed by atoms with Gasteiger partial charge in [0.15, 0.2) is 0 Å². The maximum absolute atomic E-state index is 10.9. The maximum atomic E-state index is 10.9. The molecule has 22 heavy (non-hydrogen) atoms. The number of alkyl carbamates (subject to hydrolysis) is 1. The summed E-state index contributed by atoms with van der Waals surface area (Å²) in [6.07, 6.45) is 1.07. The van der Waals surface area contributed by atoms with Gasteiger partial charge in [0.2, 0.25) is 0 Å². The molecule has 0 heterocycles. The summed E-state index contributed by atoms with van der Waals surface area (Å²) in [4.78, 5) is 10.9. The normalized spacial score (nSPS) is 10.6. The summed E-state index contributed by atoms with van der Waals surface area (Å²) in [5.41, 5.74) is -0.480. The van der Waals surface area contributed by atoms with E-state index in [0.29, 0.717) is 19.6 Å². The lowest BCUT2D eigenvalue weighted by Gasteiger charge is -2.28. The maximum Gasteiger partial charge on any atom is 0.406 e. The van der Waals surface area contributed by atoms with Crippen LogP contribution in [0.1, 0.15) is 68.2 Å². The summed E-state index contributed by atoms with van der Waals surface area (Å²) in [7, 11) is 3.24. The van der Waals surface area contributed by atoms with Crippen molar-refractivity contribution in [1.82, 2.24) is 5.32 Å². The monoisotopic (exact) mass is 321 g/mol. The number of hydrogen-bond donors (Lipinski definition) is 1. The number of nitrogens with one attached hydrogen (secondary N) is 1. The van der Waals surface area contributed by atoms with Gasteiger partial charge in [0.25, 0.3) is 0 Å². The second kappa shape index (κ2) is 15.1. The number of rotatable bonds is 8. The van der Waals surface area contributed by atoms with Gasteiger partial charge in [-0.05, 0) is 34.1 Å². The van der Waals surface area contributed by atoms with Crippen molar-refractivity contribution >= 4 is 6.09 Å². The standard InChI is InChI=1S/C13H27NO4.2C2H6/c1-12(2,16-6)8-10-18-13(3,4)7-9-17-11(15)14-5;2*1-2/h7-10H2,1-6H3,(H,14,15);2*1-2H3. The largest absolute Gasteiger partial charge is 0.449 e. The van der Waals surface area contributed by atoms with Crippen molar-refractivity contribution in [2.24, 2.45) is 0 Å². The Bertz CT molecular complexity index is 253. The Morgan fingerprint density at radius 3 is 1.77 bits per heavy atom. The number of hydrogen-bond acceptors (Lipinski definition) is 4. The fraction of sp³-hybridized carbons (Fsp3) is 0.941. The quantitative estimate of drug-likeness (QED) is 0.720. The molecule has 0 aliphatic heterocycles. The smallest absolute Gasteiger partial charge is 0.406 e. The first-order valence-electron chi connectivity index (χ1n) is 8.26. The number of ether oxygens (including phenoxy) is 3. The van der Waals surface area contributed by atoms with Gasteiger partial charge in [-0.3, -0.25) is 0 Å². The lowest BCUT2D eigenvalue weighted by molar-refractivity contribution is -0.0661. The number of carbonyl (C=O) groups excluding carboxylic acids is 1. The summed E-state index contributed by atoms with van der Waals surface area (Å²) in [5, 5.41) is 2.40. The zero-order valence-electron chi connectivity index (χ0n) is 16.5. The number of amides is 1. The Balaban J connectivity index is -0.000000826. The van der Waals surface area contributed by atoms with Crippen molar-refractivity contribution in [2.75, 3.05) is 27.4 Å². The van der Waals surface area contributed by atoms with Crippen LogP contribution in [0, 0.1) is 0 Å². The van der Waals surface area contributed by atoms with Gasteiger partial charge in [-0.1, -0.05) is 27.7 Å². The molecule has 1 N–H and O–H groups in total. The third kappa shape index (κ3) is 17.2. The second-order valence-corrected chi connectivity index (χ2v) is 5.46. The van der Waals surface area contributed by atoms with E-state index in [1.54, 1.807) is 7.11 Å².